The van der Waals surface area contributed by atoms with Crippen LogP contribution in [0, 0.1) is 0 Å². The van der Waals surface area contributed by atoms with Crippen molar-refractivity contribution in [1.82, 2.24) is 9.69 Å². The van der Waals surface area contributed by atoms with Crippen molar-refractivity contribution in [3.05, 3.63) is 11.1 Å². The Morgan fingerprint density at radius 2 is 2.50 bits per heavy atom. The quantitative estimate of drug-likeness (QED) is 0.744. The van der Waals surface area contributed by atoms with E-state index in [1.54, 1.807) is 6.20 Å². The summed E-state index contributed by atoms with van der Waals surface area (Å²) in [6, 6.07) is 0.728. The Bertz CT molecular complexity index is 255. The number of hydrogen-bond acceptors (Lipinski definition) is 4. The third kappa shape index (κ3) is 1.59. The van der Waals surface area contributed by atoms with Crippen LogP contribution in [0.1, 0.15) is 24.1 Å². The lowest BCUT2D eigenvalue weighted by atomic mass is 9.93. The summed E-state index contributed by atoms with van der Waals surface area (Å²) in [6.07, 6.45) is 5.73. The van der Waals surface area contributed by atoms with Gasteiger partial charge in [0.05, 0.1) is 16.8 Å². The molecule has 0 unspecified atom stereocenters. The molecule has 1 saturated carbocycles. The fourth-order valence-corrected chi connectivity index (χ4v) is 1.85. The summed E-state index contributed by atoms with van der Waals surface area (Å²) >= 11 is 1.49. The first-order valence-electron chi connectivity index (χ1n) is 4.28. The topological polar surface area (TPSA) is 50.9 Å². The van der Waals surface area contributed by atoms with Crippen LogP contribution in [0.2, 0.25) is 0 Å². The summed E-state index contributed by atoms with van der Waals surface area (Å²) in [4.78, 5) is 1.17. The second-order valence-corrected chi connectivity index (χ2v) is 4.10. The smallest absolute Gasteiger partial charge is 0.0672 e. The molecule has 0 spiro atoms. The van der Waals surface area contributed by atoms with E-state index in [1.165, 1.54) is 35.7 Å². The molecule has 0 bridgehead atoms. The number of nitrogens with one attached hydrogen (secondary N) is 1. The van der Waals surface area contributed by atoms with Gasteiger partial charge in [-0.15, -0.1) is 0 Å². The Balaban J connectivity index is 1.82. The minimum atomic E-state index is 0.728. The zero-order valence-electron chi connectivity index (χ0n) is 6.92. The monoisotopic (exact) mass is 183 g/mol. The average molecular weight is 183 g/mol. The van der Waals surface area contributed by atoms with E-state index >= 15 is 0 Å². The van der Waals surface area contributed by atoms with Gasteiger partial charge in [0.25, 0.3) is 0 Å². The molecule has 12 heavy (non-hydrogen) atoms. The van der Waals surface area contributed by atoms with Gasteiger partial charge in [0.2, 0.25) is 0 Å². The van der Waals surface area contributed by atoms with Crippen LogP contribution in [0.3, 0.4) is 0 Å². The highest BCUT2D eigenvalue weighted by Crippen LogP contribution is 2.20. The van der Waals surface area contributed by atoms with Crippen LogP contribution in [-0.2, 0) is 6.54 Å². The van der Waals surface area contributed by atoms with E-state index in [9.17, 15) is 0 Å². The molecule has 0 radical (unpaired) electrons. The second kappa shape index (κ2) is 3.41. The summed E-state index contributed by atoms with van der Waals surface area (Å²) in [7, 11) is 0. The molecular formula is C8H13N3S. The lowest BCUT2D eigenvalue weighted by Gasteiger charge is -2.26. The van der Waals surface area contributed by atoms with Crippen LogP contribution in [0.25, 0.3) is 0 Å². The normalized spacial score (nSPS) is 17.7. The molecule has 4 heteroatoms. The maximum absolute atomic E-state index is 5.69. The minimum Gasteiger partial charge on any atom is -0.396 e. The Morgan fingerprint density at radius 3 is 3.00 bits per heavy atom. The maximum Gasteiger partial charge on any atom is 0.0672 e. The highest BCUT2D eigenvalue weighted by molar-refractivity contribution is 7.06. The number of aromatic nitrogens is 1. The summed E-state index contributed by atoms with van der Waals surface area (Å²) in [5.41, 5.74) is 6.52. The van der Waals surface area contributed by atoms with Gasteiger partial charge in [-0.05, 0) is 24.4 Å². The SMILES string of the molecule is Nc1cnsc1CNC1CCC1. The number of nitrogen functional groups attached to an aromatic ring is 1. The van der Waals surface area contributed by atoms with E-state index < -0.39 is 0 Å². The Kier molecular flexibility index (Phi) is 2.28. The van der Waals surface area contributed by atoms with Gasteiger partial charge >= 0.3 is 0 Å². The molecule has 1 fully saturated rings. The first kappa shape index (κ1) is 8.01. The maximum atomic E-state index is 5.69. The van der Waals surface area contributed by atoms with Crippen LogP contribution in [0.4, 0.5) is 5.69 Å². The predicted octanol–water partition coefficient (Wildman–Crippen LogP) is 1.37. The van der Waals surface area contributed by atoms with Crippen LogP contribution in [0.15, 0.2) is 6.20 Å². The molecule has 1 aromatic heterocycles. The standard InChI is InChI=1S/C8H13N3S/c9-7-4-11-12-8(7)5-10-6-2-1-3-6/h4,6,10H,1-3,5,9H2. The fraction of sp³-hybridized carbons (Fsp3) is 0.625. The van der Waals surface area contributed by atoms with E-state index in [4.69, 9.17) is 5.73 Å². The third-order valence-corrected chi connectivity index (χ3v) is 3.14. The highest BCUT2D eigenvalue weighted by Gasteiger charge is 2.16. The summed E-state index contributed by atoms with van der Waals surface area (Å²) in [5, 5.41) is 3.45. The number of anilines is 1. The lowest BCUT2D eigenvalue weighted by Crippen LogP contribution is -2.34. The second-order valence-electron chi connectivity index (χ2n) is 3.21. The van der Waals surface area contributed by atoms with Gasteiger partial charge in [0.15, 0.2) is 0 Å². The molecule has 0 amide bonds. The number of nitrogens with zero attached hydrogens (tertiary/aromatic N) is 1. The molecule has 0 aromatic carbocycles. The van der Waals surface area contributed by atoms with Crippen LogP contribution >= 0.6 is 11.5 Å². The van der Waals surface area contributed by atoms with Gasteiger partial charge < -0.3 is 11.1 Å². The Hall–Kier alpha value is -0.610. The molecule has 1 aliphatic carbocycles. The van der Waals surface area contributed by atoms with Crippen molar-refractivity contribution in [3.63, 3.8) is 0 Å². The van der Waals surface area contributed by atoms with Crippen LogP contribution in [0.5, 0.6) is 0 Å². The van der Waals surface area contributed by atoms with Crippen LogP contribution < -0.4 is 11.1 Å². The van der Waals surface area contributed by atoms with E-state index in [2.05, 4.69) is 9.69 Å². The molecule has 0 atom stereocenters. The number of rotatable bonds is 3. The molecule has 1 aromatic rings. The largest absolute Gasteiger partial charge is 0.396 e. The van der Waals surface area contributed by atoms with E-state index in [1.807, 2.05) is 0 Å². The van der Waals surface area contributed by atoms with Crippen molar-refractivity contribution in [2.75, 3.05) is 5.73 Å². The molecule has 3 nitrogen and oxygen atoms in total. The van der Waals surface area contributed by atoms with Crippen LogP contribution in [-0.4, -0.2) is 10.4 Å². The van der Waals surface area contributed by atoms with E-state index in [-0.39, 0.29) is 0 Å². The van der Waals surface area contributed by atoms with E-state index in [0.717, 1.165) is 18.3 Å². The highest BCUT2D eigenvalue weighted by atomic mass is 32.1. The van der Waals surface area contributed by atoms with Crippen molar-refractivity contribution < 1.29 is 0 Å². The predicted molar refractivity (Wildman–Crippen MR) is 51.0 cm³/mol. The molecule has 0 saturated heterocycles. The molecule has 66 valence electrons. The first-order chi connectivity index (χ1) is 5.86. The fourth-order valence-electron chi connectivity index (χ4n) is 1.26. The van der Waals surface area contributed by atoms with Gasteiger partial charge in [-0.2, -0.15) is 4.37 Å². The van der Waals surface area contributed by atoms with Gasteiger partial charge in [0.1, 0.15) is 0 Å². The zero-order valence-corrected chi connectivity index (χ0v) is 7.73. The van der Waals surface area contributed by atoms with Crippen molar-refractivity contribution in [3.8, 4) is 0 Å². The van der Waals surface area contributed by atoms with Gasteiger partial charge in [-0.1, -0.05) is 6.42 Å². The molecule has 1 heterocycles. The molecule has 0 aliphatic heterocycles. The zero-order chi connectivity index (χ0) is 8.39. The Labute approximate surface area is 76.1 Å². The summed E-state index contributed by atoms with van der Waals surface area (Å²) < 4.78 is 4.02. The first-order valence-corrected chi connectivity index (χ1v) is 5.06. The summed E-state index contributed by atoms with van der Waals surface area (Å²) in [5.74, 6) is 0. The third-order valence-electron chi connectivity index (χ3n) is 2.33. The summed E-state index contributed by atoms with van der Waals surface area (Å²) in [6.45, 7) is 0.890. The molecule has 1 aliphatic rings. The van der Waals surface area contributed by atoms with Gasteiger partial charge in [-0.25, -0.2) is 0 Å². The Morgan fingerprint density at radius 1 is 1.67 bits per heavy atom. The van der Waals surface area contributed by atoms with Crippen molar-refractivity contribution in [2.45, 2.75) is 31.8 Å². The molecular weight excluding hydrogens is 170 g/mol. The van der Waals surface area contributed by atoms with Crippen molar-refractivity contribution in [1.29, 1.82) is 0 Å². The van der Waals surface area contributed by atoms with Crippen molar-refractivity contribution >= 4 is 17.2 Å². The van der Waals surface area contributed by atoms with Gasteiger partial charge in [-0.3, -0.25) is 0 Å². The van der Waals surface area contributed by atoms with Gasteiger partial charge in [0, 0.05) is 12.6 Å². The van der Waals surface area contributed by atoms with E-state index in [0.29, 0.717) is 0 Å². The molecule has 3 N–H and O–H groups in total. The number of nitrogens with two attached hydrogens (primary N) is 1. The number of hydrogen-bond donors (Lipinski definition) is 2. The minimum absolute atomic E-state index is 0.728. The van der Waals surface area contributed by atoms with Crippen molar-refractivity contribution in [2.24, 2.45) is 0 Å². The lowest BCUT2D eigenvalue weighted by molar-refractivity contribution is 0.339. The average Bonchev–Trinajstić information content (AvgIpc) is 2.33. The molecule has 2 rings (SSSR count).